The number of phenols is 1. The topological polar surface area (TPSA) is 115 Å². The Morgan fingerprint density at radius 1 is 0.818 bits per heavy atom. The fraction of sp³-hybridized carbons (Fsp3) is 0.543. The molecule has 44 heavy (non-hydrogen) atoms. The number of piperidine rings is 2. The standard InChI is InChI=1S/C35H38N2O7/c1-36-10-8-35-20-4-6-24(40)33(35)44-31-27(35)16(12-21(20)36)11-18(15-38)29(31)42-25-14-17-13-22-19-3-5-23(39)32-34(19,7-9-37(22)2)26(17)30(43-32)28(25)41/h3-6,11,14,19-24,32-33,38-41H,7-10,12-13,15H2,1-2H3/t19-,20-,21+,22+,23-,24-,32-,33-,34-,35-/m0/s1. The zero-order valence-corrected chi connectivity index (χ0v) is 24.9. The maximum absolute atomic E-state index is 11.8. The van der Waals surface area contributed by atoms with Crippen molar-refractivity contribution in [1.29, 1.82) is 0 Å². The first kappa shape index (κ1) is 26.2. The van der Waals surface area contributed by atoms with Gasteiger partial charge in [-0.25, -0.2) is 0 Å². The van der Waals surface area contributed by atoms with Gasteiger partial charge in [-0.1, -0.05) is 24.3 Å². The van der Waals surface area contributed by atoms with Crippen molar-refractivity contribution in [3.05, 3.63) is 64.3 Å². The van der Waals surface area contributed by atoms with Gasteiger partial charge in [0.05, 0.1) is 6.61 Å². The van der Waals surface area contributed by atoms with Crippen LogP contribution in [0.4, 0.5) is 0 Å². The molecule has 0 unspecified atom stereocenters. The van der Waals surface area contributed by atoms with Crippen molar-refractivity contribution in [2.45, 2.75) is 79.6 Å². The summed E-state index contributed by atoms with van der Waals surface area (Å²) in [6.45, 7) is 1.55. The van der Waals surface area contributed by atoms with Gasteiger partial charge in [0, 0.05) is 51.4 Å². The van der Waals surface area contributed by atoms with E-state index in [-0.39, 0.29) is 52.9 Å². The first-order valence-electron chi connectivity index (χ1n) is 16.1. The molecule has 2 aromatic rings. The fourth-order valence-corrected chi connectivity index (χ4v) is 11.1. The van der Waals surface area contributed by atoms with Crippen molar-refractivity contribution in [2.75, 3.05) is 27.2 Å². The maximum atomic E-state index is 11.8. The predicted octanol–water partition coefficient (Wildman–Crippen LogP) is 2.29. The van der Waals surface area contributed by atoms with E-state index in [0.717, 1.165) is 61.0 Å². The number of benzene rings is 2. The number of phenolic OH excluding ortho intramolecular Hbond substituents is 1. The Labute approximate surface area is 255 Å². The summed E-state index contributed by atoms with van der Waals surface area (Å²) in [5, 5.41) is 44.7. The third-order valence-corrected chi connectivity index (χ3v) is 12.9. The van der Waals surface area contributed by atoms with Gasteiger partial charge in [-0.05, 0) is 76.1 Å². The number of rotatable bonds is 3. The van der Waals surface area contributed by atoms with E-state index >= 15 is 0 Å². The number of likely N-dealkylation sites (N-methyl/N-ethyl adjacent to an activating group) is 2. The van der Waals surface area contributed by atoms with Gasteiger partial charge in [0.25, 0.3) is 0 Å². The van der Waals surface area contributed by atoms with E-state index in [0.29, 0.717) is 22.8 Å². The van der Waals surface area contributed by atoms with Crippen LogP contribution < -0.4 is 14.2 Å². The zero-order chi connectivity index (χ0) is 29.9. The van der Waals surface area contributed by atoms with E-state index in [1.807, 2.05) is 24.3 Å². The molecule has 4 bridgehead atoms. The molecule has 2 fully saturated rings. The van der Waals surface area contributed by atoms with Crippen molar-refractivity contribution in [2.24, 2.45) is 11.8 Å². The number of aromatic hydroxyl groups is 1. The number of likely N-dealkylation sites (tertiary alicyclic amines) is 2. The summed E-state index contributed by atoms with van der Waals surface area (Å²) in [6.07, 6.45) is 8.94. The van der Waals surface area contributed by atoms with Gasteiger partial charge in [0.2, 0.25) is 5.75 Å². The quantitative estimate of drug-likeness (QED) is 0.395. The molecule has 9 heteroatoms. The molecule has 9 nitrogen and oxygen atoms in total. The summed E-state index contributed by atoms with van der Waals surface area (Å²) in [7, 11) is 4.33. The SMILES string of the molecule is CN1CC[C@]23c4c5cc(Oc6c(CO)cc7c8c6O[C@H]6[C@@H](O)C=C[C@H]9[C@@H](C7)N(C)CC[C@@]896)c(O)c4O[C@H]2[C@@H](O)C=C[C@H]3[C@H]1C5. The molecule has 8 aliphatic rings. The van der Waals surface area contributed by atoms with Crippen LogP contribution in [0.2, 0.25) is 0 Å². The molecule has 10 atom stereocenters. The van der Waals surface area contributed by atoms with Crippen molar-refractivity contribution in [3.63, 3.8) is 0 Å². The van der Waals surface area contributed by atoms with Crippen LogP contribution in [-0.4, -0.2) is 93.9 Å². The molecule has 2 spiro atoms. The Hall–Kier alpha value is -3.08. The number of aliphatic hydroxyl groups excluding tert-OH is 3. The van der Waals surface area contributed by atoms with Gasteiger partial charge in [0.15, 0.2) is 23.0 Å². The second kappa shape index (κ2) is 8.39. The minimum atomic E-state index is -0.762. The zero-order valence-electron chi connectivity index (χ0n) is 24.9. The van der Waals surface area contributed by atoms with Crippen LogP contribution in [0.15, 0.2) is 36.4 Å². The van der Waals surface area contributed by atoms with Crippen molar-refractivity contribution in [1.82, 2.24) is 9.80 Å². The van der Waals surface area contributed by atoms with Gasteiger partial charge in [-0.2, -0.15) is 0 Å². The summed E-state index contributed by atoms with van der Waals surface area (Å²) >= 11 is 0. The van der Waals surface area contributed by atoms with E-state index in [2.05, 4.69) is 36.0 Å². The van der Waals surface area contributed by atoms with E-state index in [1.54, 1.807) is 0 Å². The highest BCUT2D eigenvalue weighted by atomic mass is 16.5. The van der Waals surface area contributed by atoms with Crippen molar-refractivity contribution >= 4 is 0 Å². The molecular weight excluding hydrogens is 560 g/mol. The largest absolute Gasteiger partial charge is 0.502 e. The number of aliphatic hydroxyl groups is 3. The molecule has 0 saturated carbocycles. The molecule has 10 rings (SSSR count). The van der Waals surface area contributed by atoms with Crippen LogP contribution in [0.1, 0.15) is 40.7 Å². The van der Waals surface area contributed by atoms with Crippen molar-refractivity contribution < 1.29 is 34.6 Å². The molecular formula is C35H38N2O7. The Kier molecular flexibility index (Phi) is 4.99. The average Bonchev–Trinajstić information content (AvgIpc) is 3.55. The third kappa shape index (κ3) is 2.82. The first-order chi connectivity index (χ1) is 21.3. The predicted molar refractivity (Wildman–Crippen MR) is 159 cm³/mol. The molecule has 4 N–H and O–H groups in total. The lowest BCUT2D eigenvalue weighted by Gasteiger charge is -2.56. The number of nitrogens with zero attached hydrogens (tertiary/aromatic N) is 2. The lowest BCUT2D eigenvalue weighted by molar-refractivity contribution is -0.0454. The van der Waals surface area contributed by atoms with Crippen molar-refractivity contribution in [3.8, 4) is 28.7 Å². The Morgan fingerprint density at radius 3 is 1.95 bits per heavy atom. The van der Waals surface area contributed by atoms with Gasteiger partial charge in [0.1, 0.15) is 24.4 Å². The minimum Gasteiger partial charge on any atom is -0.502 e. The molecule has 0 amide bonds. The van der Waals surface area contributed by atoms with E-state index in [1.165, 1.54) is 0 Å². The summed E-state index contributed by atoms with van der Waals surface area (Å²) in [5.41, 5.74) is 4.13. The van der Waals surface area contributed by atoms with Crippen LogP contribution in [-0.2, 0) is 30.3 Å². The van der Waals surface area contributed by atoms with Crippen LogP contribution in [0.5, 0.6) is 28.7 Å². The second-order valence-corrected chi connectivity index (χ2v) is 14.5. The third-order valence-electron chi connectivity index (χ3n) is 12.9. The molecule has 230 valence electrons. The van der Waals surface area contributed by atoms with Crippen LogP contribution >= 0.6 is 0 Å². The first-order valence-corrected chi connectivity index (χ1v) is 16.1. The summed E-state index contributed by atoms with van der Waals surface area (Å²) in [4.78, 5) is 4.81. The monoisotopic (exact) mass is 598 g/mol. The smallest absolute Gasteiger partial charge is 0.201 e. The van der Waals surface area contributed by atoms with E-state index in [4.69, 9.17) is 14.2 Å². The van der Waals surface area contributed by atoms with E-state index < -0.39 is 24.4 Å². The van der Waals surface area contributed by atoms with Gasteiger partial charge < -0.3 is 44.4 Å². The minimum absolute atomic E-state index is 0.0860. The normalized spacial score (nSPS) is 41.6. The highest BCUT2D eigenvalue weighted by Gasteiger charge is 2.66. The van der Waals surface area contributed by atoms with Gasteiger partial charge >= 0.3 is 0 Å². The summed E-state index contributed by atoms with van der Waals surface area (Å²) < 4.78 is 19.9. The lowest BCUT2D eigenvalue weighted by atomic mass is 9.53. The van der Waals surface area contributed by atoms with Gasteiger partial charge in [-0.15, -0.1) is 0 Å². The van der Waals surface area contributed by atoms with Crippen LogP contribution in [0.25, 0.3) is 0 Å². The molecule has 4 aliphatic heterocycles. The fourth-order valence-electron chi connectivity index (χ4n) is 11.1. The van der Waals surface area contributed by atoms with Gasteiger partial charge in [-0.3, -0.25) is 0 Å². The Morgan fingerprint density at radius 2 is 1.36 bits per heavy atom. The Balaban J connectivity index is 1.14. The highest BCUT2D eigenvalue weighted by molar-refractivity contribution is 5.70. The lowest BCUT2D eigenvalue weighted by Crippen LogP contribution is -2.64. The number of hydrogen-bond donors (Lipinski definition) is 4. The molecule has 0 aromatic heterocycles. The molecule has 4 heterocycles. The average molecular weight is 599 g/mol. The number of hydrogen-bond acceptors (Lipinski definition) is 9. The maximum Gasteiger partial charge on any atom is 0.201 e. The summed E-state index contributed by atoms with van der Waals surface area (Å²) in [5.74, 6) is 1.94. The number of ether oxygens (including phenoxy) is 3. The summed E-state index contributed by atoms with van der Waals surface area (Å²) in [6, 6.07) is 4.51. The molecule has 2 aromatic carbocycles. The van der Waals surface area contributed by atoms with Crippen LogP contribution in [0, 0.1) is 11.8 Å². The molecule has 0 radical (unpaired) electrons. The molecule has 2 saturated heterocycles. The molecule has 4 aliphatic carbocycles. The van der Waals surface area contributed by atoms with E-state index in [9.17, 15) is 20.4 Å². The Bertz CT molecular complexity index is 1700. The highest BCUT2D eigenvalue weighted by Crippen LogP contribution is 2.66. The van der Waals surface area contributed by atoms with Crippen LogP contribution in [0.3, 0.4) is 0 Å². The second-order valence-electron chi connectivity index (χ2n) is 14.5.